The van der Waals surface area contributed by atoms with E-state index in [9.17, 15) is 4.79 Å². The van der Waals surface area contributed by atoms with Crippen LogP contribution in [0.5, 0.6) is 0 Å². The second-order valence-electron chi connectivity index (χ2n) is 6.95. The van der Waals surface area contributed by atoms with E-state index in [2.05, 4.69) is 28.0 Å². The third kappa shape index (κ3) is 3.64. The monoisotopic (exact) mass is 351 g/mol. The Hall–Kier alpha value is -2.63. The fourth-order valence-electron chi connectivity index (χ4n) is 3.64. The SMILES string of the molecule is O=CN1CCN(c2cc(N3CCCCC3)nc(-c3ccccc3)n2)CC1. The Morgan fingerprint density at radius 1 is 0.769 bits per heavy atom. The lowest BCUT2D eigenvalue weighted by atomic mass is 10.1. The fraction of sp³-hybridized carbons (Fsp3) is 0.450. The van der Waals surface area contributed by atoms with Crippen LogP contribution in [-0.2, 0) is 4.79 Å². The lowest BCUT2D eigenvalue weighted by Crippen LogP contribution is -2.46. The van der Waals surface area contributed by atoms with Gasteiger partial charge in [-0.15, -0.1) is 0 Å². The maximum Gasteiger partial charge on any atom is 0.209 e. The minimum Gasteiger partial charge on any atom is -0.356 e. The number of hydrogen-bond acceptors (Lipinski definition) is 5. The molecule has 2 aliphatic rings. The van der Waals surface area contributed by atoms with Gasteiger partial charge in [-0.05, 0) is 19.3 Å². The van der Waals surface area contributed by atoms with Gasteiger partial charge in [0.05, 0.1) is 0 Å². The topological polar surface area (TPSA) is 52.6 Å². The predicted molar refractivity (Wildman–Crippen MR) is 103 cm³/mol. The van der Waals surface area contributed by atoms with Crippen LogP contribution >= 0.6 is 0 Å². The predicted octanol–water partition coefficient (Wildman–Crippen LogP) is 2.41. The molecule has 2 saturated heterocycles. The van der Waals surface area contributed by atoms with Crippen molar-refractivity contribution in [2.24, 2.45) is 0 Å². The quantitative estimate of drug-likeness (QED) is 0.792. The highest BCUT2D eigenvalue weighted by atomic mass is 16.1. The number of amides is 1. The molecule has 1 amide bonds. The van der Waals surface area contributed by atoms with E-state index in [-0.39, 0.29) is 0 Å². The first-order valence-electron chi connectivity index (χ1n) is 9.47. The molecule has 1 aromatic heterocycles. The highest BCUT2D eigenvalue weighted by molar-refractivity contribution is 5.62. The maximum atomic E-state index is 11.0. The summed E-state index contributed by atoms with van der Waals surface area (Å²) in [6.45, 7) is 5.22. The lowest BCUT2D eigenvalue weighted by Gasteiger charge is -2.34. The molecule has 2 fully saturated rings. The van der Waals surface area contributed by atoms with Gasteiger partial charge in [-0.25, -0.2) is 9.97 Å². The Kier molecular flexibility index (Phi) is 5.00. The summed E-state index contributed by atoms with van der Waals surface area (Å²) in [5, 5.41) is 0. The van der Waals surface area contributed by atoms with Crippen LogP contribution in [0.2, 0.25) is 0 Å². The van der Waals surface area contributed by atoms with Crippen molar-refractivity contribution in [2.45, 2.75) is 19.3 Å². The number of piperidine rings is 1. The molecule has 6 heteroatoms. The minimum absolute atomic E-state index is 0.743. The third-order valence-corrected chi connectivity index (χ3v) is 5.20. The van der Waals surface area contributed by atoms with Gasteiger partial charge in [-0.2, -0.15) is 0 Å². The Morgan fingerprint density at radius 3 is 2.00 bits per heavy atom. The average molecular weight is 351 g/mol. The summed E-state index contributed by atoms with van der Waals surface area (Å²) in [5.41, 5.74) is 1.04. The van der Waals surface area contributed by atoms with Gasteiger partial charge < -0.3 is 14.7 Å². The maximum absolute atomic E-state index is 11.0. The number of hydrogen-bond donors (Lipinski definition) is 0. The summed E-state index contributed by atoms with van der Waals surface area (Å²) in [6, 6.07) is 12.3. The number of nitrogens with zero attached hydrogens (tertiary/aromatic N) is 5. The molecule has 1 aromatic carbocycles. The molecule has 6 nitrogen and oxygen atoms in total. The number of carbonyl (C=O) groups excluding carboxylic acids is 1. The summed E-state index contributed by atoms with van der Waals surface area (Å²) in [5.74, 6) is 2.76. The second-order valence-corrected chi connectivity index (χ2v) is 6.95. The third-order valence-electron chi connectivity index (χ3n) is 5.20. The molecule has 3 heterocycles. The molecule has 0 atom stereocenters. The van der Waals surface area contributed by atoms with E-state index in [0.29, 0.717) is 0 Å². The number of rotatable bonds is 4. The highest BCUT2D eigenvalue weighted by Crippen LogP contribution is 2.27. The summed E-state index contributed by atoms with van der Waals surface area (Å²) in [6.07, 6.45) is 4.68. The Bertz CT molecular complexity index is 737. The molecular weight excluding hydrogens is 326 g/mol. The van der Waals surface area contributed by atoms with Crippen molar-refractivity contribution in [2.75, 3.05) is 49.1 Å². The van der Waals surface area contributed by atoms with Crippen LogP contribution in [0.1, 0.15) is 19.3 Å². The van der Waals surface area contributed by atoms with Crippen molar-refractivity contribution in [1.29, 1.82) is 0 Å². The second kappa shape index (κ2) is 7.72. The van der Waals surface area contributed by atoms with Gasteiger partial charge in [0.25, 0.3) is 0 Å². The van der Waals surface area contributed by atoms with E-state index >= 15 is 0 Å². The van der Waals surface area contributed by atoms with Crippen LogP contribution in [-0.4, -0.2) is 60.5 Å². The van der Waals surface area contributed by atoms with Crippen LogP contribution in [0.3, 0.4) is 0 Å². The van der Waals surface area contributed by atoms with Crippen molar-refractivity contribution in [3.05, 3.63) is 36.4 Å². The van der Waals surface area contributed by atoms with Crippen molar-refractivity contribution in [3.8, 4) is 11.4 Å². The molecule has 0 aliphatic carbocycles. The molecule has 0 saturated carbocycles. The van der Waals surface area contributed by atoms with Gasteiger partial charge >= 0.3 is 0 Å². The molecular formula is C20H25N5O. The normalized spacial score (nSPS) is 18.1. The first-order valence-corrected chi connectivity index (χ1v) is 9.47. The smallest absolute Gasteiger partial charge is 0.209 e. The van der Waals surface area contributed by atoms with Gasteiger partial charge in [0.15, 0.2) is 5.82 Å². The molecule has 2 aromatic rings. The first-order chi connectivity index (χ1) is 12.8. The zero-order valence-electron chi connectivity index (χ0n) is 15.0. The molecule has 4 rings (SSSR count). The lowest BCUT2D eigenvalue weighted by molar-refractivity contribution is -0.118. The van der Waals surface area contributed by atoms with E-state index in [4.69, 9.17) is 9.97 Å². The fourth-order valence-corrected chi connectivity index (χ4v) is 3.64. The van der Waals surface area contributed by atoms with Crippen LogP contribution in [0, 0.1) is 0 Å². The van der Waals surface area contributed by atoms with Crippen molar-refractivity contribution in [1.82, 2.24) is 14.9 Å². The Balaban J connectivity index is 1.67. The van der Waals surface area contributed by atoms with E-state index in [1.54, 1.807) is 0 Å². The molecule has 2 aliphatic heterocycles. The molecule has 0 bridgehead atoms. The zero-order valence-corrected chi connectivity index (χ0v) is 15.0. The van der Waals surface area contributed by atoms with Crippen molar-refractivity contribution < 1.29 is 4.79 Å². The molecule has 0 radical (unpaired) electrons. The van der Waals surface area contributed by atoms with Gasteiger partial charge in [0.2, 0.25) is 6.41 Å². The van der Waals surface area contributed by atoms with Gasteiger partial charge in [-0.1, -0.05) is 30.3 Å². The molecule has 136 valence electrons. The largest absolute Gasteiger partial charge is 0.356 e. The highest BCUT2D eigenvalue weighted by Gasteiger charge is 2.21. The Morgan fingerprint density at radius 2 is 1.38 bits per heavy atom. The van der Waals surface area contributed by atoms with Gasteiger partial charge in [0.1, 0.15) is 11.6 Å². The molecule has 26 heavy (non-hydrogen) atoms. The van der Waals surface area contributed by atoms with Gasteiger partial charge in [-0.3, -0.25) is 4.79 Å². The number of aromatic nitrogens is 2. The van der Waals surface area contributed by atoms with Crippen LogP contribution in [0.4, 0.5) is 11.6 Å². The summed E-state index contributed by atoms with van der Waals surface area (Å²) >= 11 is 0. The zero-order chi connectivity index (χ0) is 17.8. The number of piperazine rings is 1. The first kappa shape index (κ1) is 16.8. The summed E-state index contributed by atoms with van der Waals surface area (Å²) in [7, 11) is 0. The molecule has 0 spiro atoms. The van der Waals surface area contributed by atoms with E-state index < -0.39 is 0 Å². The number of benzene rings is 1. The van der Waals surface area contributed by atoms with Crippen LogP contribution < -0.4 is 9.80 Å². The standard InChI is InChI=1S/C20H25N5O/c26-16-23-11-13-25(14-12-23)19-15-18(24-9-5-2-6-10-24)21-20(22-19)17-7-3-1-4-8-17/h1,3-4,7-8,15-16H,2,5-6,9-14H2. The summed E-state index contributed by atoms with van der Waals surface area (Å²) in [4.78, 5) is 27.2. The van der Waals surface area contributed by atoms with Crippen molar-refractivity contribution >= 4 is 18.0 Å². The van der Waals surface area contributed by atoms with E-state index in [1.165, 1.54) is 19.3 Å². The van der Waals surface area contributed by atoms with Crippen LogP contribution in [0.25, 0.3) is 11.4 Å². The van der Waals surface area contributed by atoms with E-state index in [0.717, 1.165) is 68.7 Å². The number of anilines is 2. The van der Waals surface area contributed by atoms with E-state index in [1.807, 2.05) is 23.1 Å². The van der Waals surface area contributed by atoms with Gasteiger partial charge in [0, 0.05) is 50.9 Å². The Labute approximate surface area is 154 Å². The molecule has 0 unspecified atom stereocenters. The number of carbonyl (C=O) groups is 1. The average Bonchev–Trinajstić information content (AvgIpc) is 2.75. The summed E-state index contributed by atoms with van der Waals surface area (Å²) < 4.78 is 0. The van der Waals surface area contributed by atoms with Crippen molar-refractivity contribution in [3.63, 3.8) is 0 Å². The minimum atomic E-state index is 0.743. The molecule has 0 N–H and O–H groups in total. The van der Waals surface area contributed by atoms with Crippen LogP contribution in [0.15, 0.2) is 36.4 Å².